The Bertz CT molecular complexity index is 866. The van der Waals surface area contributed by atoms with Crippen LogP contribution in [0.2, 0.25) is 10.0 Å². The zero-order chi connectivity index (χ0) is 17.8. The summed E-state index contributed by atoms with van der Waals surface area (Å²) in [5, 5.41) is 4.54. The van der Waals surface area contributed by atoms with Crippen molar-refractivity contribution >= 4 is 41.0 Å². The van der Waals surface area contributed by atoms with E-state index in [-0.39, 0.29) is 6.61 Å². The quantitative estimate of drug-likeness (QED) is 0.425. The van der Waals surface area contributed by atoms with Crippen LogP contribution >= 0.6 is 23.2 Å². The molecule has 0 unspecified atom stereocenters. The number of carbonyl (C=O) groups excluding carboxylic acids is 1. The van der Waals surface area contributed by atoms with Crippen molar-refractivity contribution in [1.82, 2.24) is 0 Å². The van der Waals surface area contributed by atoms with E-state index in [0.717, 1.165) is 5.56 Å². The molecule has 0 bridgehead atoms. The van der Waals surface area contributed by atoms with Crippen molar-refractivity contribution in [2.24, 2.45) is 5.16 Å². The Balaban J connectivity index is 1.97. The number of rotatable bonds is 5. The van der Waals surface area contributed by atoms with Gasteiger partial charge in [0.1, 0.15) is 12.3 Å². The van der Waals surface area contributed by atoms with Crippen molar-refractivity contribution in [2.75, 3.05) is 6.61 Å². The predicted octanol–water partition coefficient (Wildman–Crippen LogP) is 4.90. The van der Waals surface area contributed by atoms with Crippen LogP contribution in [0, 0.1) is 0 Å². The molecule has 25 heavy (non-hydrogen) atoms. The van der Waals surface area contributed by atoms with Gasteiger partial charge in [0.2, 0.25) is 0 Å². The van der Waals surface area contributed by atoms with Gasteiger partial charge in [0.15, 0.2) is 5.75 Å². The Morgan fingerprint density at radius 1 is 1.16 bits per heavy atom. The first-order valence-electron chi connectivity index (χ1n) is 7.39. The summed E-state index contributed by atoms with van der Waals surface area (Å²) in [7, 11) is 0. The summed E-state index contributed by atoms with van der Waals surface area (Å²) in [4.78, 5) is 16.9. The summed E-state index contributed by atoms with van der Waals surface area (Å²) < 4.78 is 5.44. The van der Waals surface area contributed by atoms with Gasteiger partial charge in [0.25, 0.3) is 0 Å². The zero-order valence-electron chi connectivity index (χ0n) is 13.0. The van der Waals surface area contributed by atoms with Crippen LogP contribution in [0.1, 0.15) is 11.1 Å². The molecular formula is C19H13Cl2NO3. The number of oxime groups is 1. The largest absolute Gasteiger partial charge is 0.486 e. The van der Waals surface area contributed by atoms with E-state index in [2.05, 4.69) is 11.7 Å². The Hall–Kier alpha value is -2.56. The molecule has 6 heteroatoms. The van der Waals surface area contributed by atoms with Crippen LogP contribution < -0.4 is 4.74 Å². The third-order valence-corrected chi connectivity index (χ3v) is 3.98. The molecule has 2 aromatic carbocycles. The minimum Gasteiger partial charge on any atom is -0.486 e. The Morgan fingerprint density at radius 3 is 2.48 bits per heavy atom. The van der Waals surface area contributed by atoms with Crippen molar-refractivity contribution < 1.29 is 14.4 Å². The SMILES string of the molecule is C=CCOc1c(Cl)cc(/C=C2\C(=O)ON=C2c2ccccc2)cc1Cl. The first kappa shape index (κ1) is 17.3. The highest BCUT2D eigenvalue weighted by molar-refractivity contribution is 6.37. The molecule has 1 aliphatic heterocycles. The fourth-order valence-electron chi connectivity index (χ4n) is 2.32. The molecule has 0 radical (unpaired) electrons. The highest BCUT2D eigenvalue weighted by atomic mass is 35.5. The number of hydrogen-bond acceptors (Lipinski definition) is 4. The molecule has 0 fully saturated rings. The molecule has 0 spiro atoms. The van der Waals surface area contributed by atoms with Crippen LogP contribution in [0.25, 0.3) is 6.08 Å². The Kier molecular flexibility index (Phi) is 5.22. The van der Waals surface area contributed by atoms with E-state index in [1.165, 1.54) is 0 Å². The summed E-state index contributed by atoms with van der Waals surface area (Å²) in [6.07, 6.45) is 3.23. The van der Waals surface area contributed by atoms with Crippen molar-refractivity contribution in [2.45, 2.75) is 0 Å². The van der Waals surface area contributed by atoms with Crippen LogP contribution in [0.3, 0.4) is 0 Å². The average Bonchev–Trinajstić information content (AvgIpc) is 2.96. The lowest BCUT2D eigenvalue weighted by Gasteiger charge is -2.09. The van der Waals surface area contributed by atoms with Crippen molar-refractivity contribution in [3.63, 3.8) is 0 Å². The third kappa shape index (κ3) is 3.76. The molecule has 0 amide bonds. The molecule has 0 atom stereocenters. The van der Waals surface area contributed by atoms with Gasteiger partial charge in [-0.15, -0.1) is 0 Å². The van der Waals surface area contributed by atoms with E-state index in [9.17, 15) is 4.79 Å². The van der Waals surface area contributed by atoms with Gasteiger partial charge in [0, 0.05) is 5.56 Å². The standard InChI is InChI=1S/C19H13Cl2NO3/c1-2-8-24-18-15(20)10-12(11-16(18)21)9-14-17(22-25-19(14)23)13-6-4-3-5-7-13/h2-7,9-11H,1,8H2/b14-9-. The van der Waals surface area contributed by atoms with Crippen LogP contribution in [0.4, 0.5) is 0 Å². The summed E-state index contributed by atoms with van der Waals surface area (Å²) in [5.41, 5.74) is 2.21. The monoisotopic (exact) mass is 373 g/mol. The van der Waals surface area contributed by atoms with E-state index in [1.807, 2.05) is 30.3 Å². The minimum absolute atomic E-state index is 0.289. The zero-order valence-corrected chi connectivity index (χ0v) is 14.6. The highest BCUT2D eigenvalue weighted by Crippen LogP contribution is 2.35. The maximum absolute atomic E-state index is 12.0. The molecule has 126 valence electrons. The molecule has 1 aliphatic rings. The topological polar surface area (TPSA) is 47.9 Å². The highest BCUT2D eigenvalue weighted by Gasteiger charge is 2.26. The van der Waals surface area contributed by atoms with Gasteiger partial charge in [-0.05, 0) is 23.8 Å². The van der Waals surface area contributed by atoms with Gasteiger partial charge < -0.3 is 9.57 Å². The van der Waals surface area contributed by atoms with Crippen molar-refractivity contribution in [1.29, 1.82) is 0 Å². The number of halogens is 2. The summed E-state index contributed by atoms with van der Waals surface area (Å²) in [6, 6.07) is 12.6. The van der Waals surface area contributed by atoms with Crippen molar-refractivity contribution in [3.8, 4) is 5.75 Å². The number of carbonyl (C=O) groups is 1. The van der Waals surface area contributed by atoms with E-state index < -0.39 is 5.97 Å². The number of hydrogen-bond donors (Lipinski definition) is 0. The van der Waals surface area contributed by atoms with E-state index in [0.29, 0.717) is 32.6 Å². The van der Waals surface area contributed by atoms with Gasteiger partial charge in [-0.1, -0.05) is 71.3 Å². The third-order valence-electron chi connectivity index (χ3n) is 3.42. The van der Waals surface area contributed by atoms with Gasteiger partial charge in [-0.25, -0.2) is 4.79 Å². The van der Waals surface area contributed by atoms with Crippen molar-refractivity contribution in [3.05, 3.63) is 81.9 Å². The molecule has 0 saturated heterocycles. The summed E-state index contributed by atoms with van der Waals surface area (Å²) >= 11 is 12.5. The lowest BCUT2D eigenvalue weighted by molar-refractivity contribution is -0.136. The molecule has 1 heterocycles. The lowest BCUT2D eigenvalue weighted by atomic mass is 10.0. The molecule has 2 aromatic rings. The molecule has 0 aliphatic carbocycles. The van der Waals surface area contributed by atoms with Gasteiger partial charge in [-0.3, -0.25) is 0 Å². The lowest BCUT2D eigenvalue weighted by Crippen LogP contribution is -2.06. The van der Waals surface area contributed by atoms with E-state index >= 15 is 0 Å². The Labute approximate surface area is 155 Å². The number of nitrogens with zero attached hydrogens (tertiary/aromatic N) is 1. The molecule has 0 saturated carbocycles. The predicted molar refractivity (Wildman–Crippen MR) is 99.2 cm³/mol. The van der Waals surface area contributed by atoms with Crippen LogP contribution in [-0.2, 0) is 9.63 Å². The maximum Gasteiger partial charge on any atom is 0.368 e. The molecule has 3 rings (SSSR count). The van der Waals surface area contributed by atoms with Crippen LogP contribution in [0.15, 0.2) is 65.8 Å². The number of ether oxygens (including phenoxy) is 1. The first-order valence-corrected chi connectivity index (χ1v) is 8.15. The minimum atomic E-state index is -0.530. The fraction of sp³-hybridized carbons (Fsp3) is 0.0526. The van der Waals surface area contributed by atoms with Crippen LogP contribution in [-0.4, -0.2) is 18.3 Å². The van der Waals surface area contributed by atoms with E-state index in [4.69, 9.17) is 32.8 Å². The fourth-order valence-corrected chi connectivity index (χ4v) is 2.94. The average molecular weight is 374 g/mol. The number of benzene rings is 2. The maximum atomic E-state index is 12.0. The van der Waals surface area contributed by atoms with Gasteiger partial charge in [0.05, 0.1) is 15.6 Å². The Morgan fingerprint density at radius 2 is 1.84 bits per heavy atom. The smallest absolute Gasteiger partial charge is 0.368 e. The molecule has 0 aromatic heterocycles. The second-order valence-electron chi connectivity index (χ2n) is 5.16. The van der Waals surface area contributed by atoms with Gasteiger partial charge >= 0.3 is 5.97 Å². The van der Waals surface area contributed by atoms with Gasteiger partial charge in [-0.2, -0.15) is 0 Å². The summed E-state index contributed by atoms with van der Waals surface area (Å²) in [6.45, 7) is 3.87. The summed E-state index contributed by atoms with van der Waals surface area (Å²) in [5.74, 6) is -0.158. The van der Waals surface area contributed by atoms with E-state index in [1.54, 1.807) is 24.3 Å². The van der Waals surface area contributed by atoms with Crippen LogP contribution in [0.5, 0.6) is 5.75 Å². The first-order chi connectivity index (χ1) is 12.1. The normalized spacial score (nSPS) is 15.0. The molecular weight excluding hydrogens is 361 g/mol. The molecule has 4 nitrogen and oxygen atoms in total. The second-order valence-corrected chi connectivity index (χ2v) is 5.97. The second kappa shape index (κ2) is 7.55. The molecule has 0 N–H and O–H groups in total.